The number of nitrogens with zero attached hydrogens (tertiary/aromatic N) is 1. The molecule has 1 amide bonds. The lowest BCUT2D eigenvalue weighted by Gasteiger charge is -2.08. The van der Waals surface area contributed by atoms with Crippen LogP contribution in [0.5, 0.6) is 0 Å². The Balaban J connectivity index is 2.14. The summed E-state index contributed by atoms with van der Waals surface area (Å²) < 4.78 is 5.19. The lowest BCUT2D eigenvalue weighted by Crippen LogP contribution is -2.18. The number of hydrogen-bond acceptors (Lipinski definition) is 5. The summed E-state index contributed by atoms with van der Waals surface area (Å²) in [5.74, 6) is 0.492. The molecule has 0 spiro atoms. The fourth-order valence-corrected chi connectivity index (χ4v) is 1.90. The van der Waals surface area contributed by atoms with Crippen LogP contribution in [-0.2, 0) is 6.42 Å². The Hall–Kier alpha value is -2.83. The molecule has 2 N–H and O–H groups in total. The van der Waals surface area contributed by atoms with Crippen molar-refractivity contribution in [2.45, 2.75) is 6.42 Å². The number of nitro benzene ring substituents is 1. The van der Waals surface area contributed by atoms with Crippen LogP contribution < -0.4 is 10.6 Å². The van der Waals surface area contributed by atoms with Gasteiger partial charge >= 0.3 is 0 Å². The van der Waals surface area contributed by atoms with Crippen molar-refractivity contribution in [1.29, 1.82) is 0 Å². The molecule has 0 aliphatic rings. The molecule has 0 unspecified atom stereocenters. The van der Waals surface area contributed by atoms with Crippen molar-refractivity contribution in [1.82, 2.24) is 5.32 Å². The van der Waals surface area contributed by atoms with E-state index in [1.165, 1.54) is 25.2 Å². The lowest BCUT2D eigenvalue weighted by molar-refractivity contribution is -0.384. The van der Waals surface area contributed by atoms with Gasteiger partial charge in [0.1, 0.15) is 11.4 Å². The highest BCUT2D eigenvalue weighted by atomic mass is 16.6. The molecule has 0 saturated heterocycles. The van der Waals surface area contributed by atoms with Crippen LogP contribution in [0.4, 0.5) is 11.4 Å². The highest BCUT2D eigenvalue weighted by molar-refractivity contribution is 5.95. The molecule has 0 radical (unpaired) electrons. The van der Waals surface area contributed by atoms with E-state index in [4.69, 9.17) is 4.42 Å². The number of anilines is 1. The Bertz CT molecular complexity index is 638. The zero-order valence-electron chi connectivity index (χ0n) is 11.5. The Morgan fingerprint density at radius 1 is 1.38 bits per heavy atom. The van der Waals surface area contributed by atoms with Gasteiger partial charge in [-0.1, -0.05) is 0 Å². The molecule has 0 aliphatic carbocycles. The van der Waals surface area contributed by atoms with Crippen LogP contribution in [-0.4, -0.2) is 24.4 Å². The van der Waals surface area contributed by atoms with Crippen molar-refractivity contribution in [3.63, 3.8) is 0 Å². The average molecular weight is 289 g/mol. The second-order valence-electron chi connectivity index (χ2n) is 4.32. The van der Waals surface area contributed by atoms with Gasteiger partial charge < -0.3 is 15.1 Å². The van der Waals surface area contributed by atoms with Gasteiger partial charge in [0.25, 0.3) is 11.6 Å². The quantitative estimate of drug-likeness (QED) is 0.627. The van der Waals surface area contributed by atoms with Crippen LogP contribution in [0.2, 0.25) is 0 Å². The Labute approximate surface area is 121 Å². The molecule has 0 aliphatic heterocycles. The minimum absolute atomic E-state index is 0.0675. The second-order valence-corrected chi connectivity index (χ2v) is 4.32. The molecule has 110 valence electrons. The summed E-state index contributed by atoms with van der Waals surface area (Å²) in [5, 5.41) is 16.5. The van der Waals surface area contributed by atoms with E-state index in [0.29, 0.717) is 24.2 Å². The molecule has 2 rings (SSSR count). The van der Waals surface area contributed by atoms with Crippen LogP contribution >= 0.6 is 0 Å². The van der Waals surface area contributed by atoms with Crippen LogP contribution in [0, 0.1) is 10.1 Å². The zero-order valence-corrected chi connectivity index (χ0v) is 11.5. The first-order chi connectivity index (χ1) is 10.1. The van der Waals surface area contributed by atoms with E-state index >= 15 is 0 Å². The van der Waals surface area contributed by atoms with Gasteiger partial charge in [-0.05, 0) is 24.3 Å². The summed E-state index contributed by atoms with van der Waals surface area (Å²) in [7, 11) is 1.51. The van der Waals surface area contributed by atoms with E-state index in [9.17, 15) is 14.9 Å². The monoisotopic (exact) mass is 289 g/mol. The molecule has 2 aromatic rings. The van der Waals surface area contributed by atoms with Gasteiger partial charge in [0.05, 0.1) is 11.2 Å². The highest BCUT2D eigenvalue weighted by Crippen LogP contribution is 2.25. The predicted octanol–water partition coefficient (Wildman–Crippen LogP) is 2.20. The molecule has 0 atom stereocenters. The molecule has 7 nitrogen and oxygen atoms in total. The summed E-state index contributed by atoms with van der Waals surface area (Å²) in [6.07, 6.45) is 2.17. The number of benzene rings is 1. The van der Waals surface area contributed by atoms with E-state index in [1.54, 1.807) is 12.3 Å². The molecule has 1 heterocycles. The topological polar surface area (TPSA) is 97.4 Å². The number of nitro groups is 1. The highest BCUT2D eigenvalue weighted by Gasteiger charge is 2.16. The van der Waals surface area contributed by atoms with Crippen molar-refractivity contribution in [2.75, 3.05) is 18.9 Å². The number of hydrogen-bond donors (Lipinski definition) is 2. The van der Waals surface area contributed by atoms with Gasteiger partial charge in [-0.15, -0.1) is 0 Å². The van der Waals surface area contributed by atoms with Crippen molar-refractivity contribution in [2.24, 2.45) is 0 Å². The fourth-order valence-electron chi connectivity index (χ4n) is 1.90. The first kappa shape index (κ1) is 14.6. The summed E-state index contributed by atoms with van der Waals surface area (Å²) in [6.45, 7) is 0.464. The summed E-state index contributed by atoms with van der Waals surface area (Å²) in [6, 6.07) is 7.83. The van der Waals surface area contributed by atoms with Gasteiger partial charge in [-0.3, -0.25) is 14.9 Å². The molecular weight excluding hydrogens is 274 g/mol. The van der Waals surface area contributed by atoms with E-state index < -0.39 is 4.92 Å². The van der Waals surface area contributed by atoms with Crippen molar-refractivity contribution in [3.05, 3.63) is 58.0 Å². The number of carbonyl (C=O) groups is 1. The Morgan fingerprint density at radius 3 is 2.81 bits per heavy atom. The average Bonchev–Trinajstić information content (AvgIpc) is 2.99. The normalized spacial score (nSPS) is 10.1. The second kappa shape index (κ2) is 6.56. The van der Waals surface area contributed by atoms with Gasteiger partial charge in [0.15, 0.2) is 0 Å². The Kier molecular flexibility index (Phi) is 4.55. The first-order valence-corrected chi connectivity index (χ1v) is 6.38. The van der Waals surface area contributed by atoms with Crippen molar-refractivity contribution < 1.29 is 14.1 Å². The van der Waals surface area contributed by atoms with Crippen LogP contribution in [0.3, 0.4) is 0 Å². The molecule has 7 heteroatoms. The summed E-state index contributed by atoms with van der Waals surface area (Å²) in [5.41, 5.74) is 0.610. The predicted molar refractivity (Wildman–Crippen MR) is 77.4 cm³/mol. The standard InChI is InChI=1S/C14H15N3O4/c1-15-14(18)10-4-5-13(17(19)20)12(9-10)16-7-6-11-3-2-8-21-11/h2-5,8-9,16H,6-7H2,1H3,(H,15,18). The first-order valence-electron chi connectivity index (χ1n) is 6.38. The van der Waals surface area contributed by atoms with Gasteiger partial charge in [-0.25, -0.2) is 0 Å². The van der Waals surface area contributed by atoms with Crippen LogP contribution in [0.1, 0.15) is 16.1 Å². The fraction of sp³-hybridized carbons (Fsp3) is 0.214. The van der Waals surface area contributed by atoms with Gasteiger partial charge in [-0.2, -0.15) is 0 Å². The number of nitrogens with one attached hydrogen (secondary N) is 2. The SMILES string of the molecule is CNC(=O)c1ccc([N+](=O)[O-])c(NCCc2ccco2)c1. The van der Waals surface area contributed by atoms with E-state index in [-0.39, 0.29) is 11.6 Å². The van der Waals surface area contributed by atoms with Crippen LogP contribution in [0.25, 0.3) is 0 Å². The number of rotatable bonds is 6. The maximum Gasteiger partial charge on any atom is 0.292 e. The Morgan fingerprint density at radius 2 is 2.19 bits per heavy atom. The molecule has 0 saturated carbocycles. The van der Waals surface area contributed by atoms with Crippen LogP contribution in [0.15, 0.2) is 41.0 Å². The van der Waals surface area contributed by atoms with E-state index in [0.717, 1.165) is 5.76 Å². The maximum atomic E-state index is 11.6. The zero-order chi connectivity index (χ0) is 15.2. The molecule has 21 heavy (non-hydrogen) atoms. The number of amides is 1. The third-order valence-electron chi connectivity index (χ3n) is 2.95. The van der Waals surface area contributed by atoms with Gasteiger partial charge in [0, 0.05) is 31.6 Å². The number of carbonyl (C=O) groups excluding carboxylic acids is 1. The smallest absolute Gasteiger partial charge is 0.292 e. The summed E-state index contributed by atoms with van der Waals surface area (Å²) >= 11 is 0. The van der Waals surface area contributed by atoms with E-state index in [1.807, 2.05) is 6.07 Å². The largest absolute Gasteiger partial charge is 0.469 e. The lowest BCUT2D eigenvalue weighted by atomic mass is 10.1. The van der Waals surface area contributed by atoms with Crippen molar-refractivity contribution in [3.8, 4) is 0 Å². The summed E-state index contributed by atoms with van der Waals surface area (Å²) in [4.78, 5) is 22.1. The third kappa shape index (κ3) is 3.59. The maximum absolute atomic E-state index is 11.6. The molecular formula is C14H15N3O4. The van der Waals surface area contributed by atoms with Gasteiger partial charge in [0.2, 0.25) is 0 Å². The molecule has 0 bridgehead atoms. The molecule has 1 aromatic carbocycles. The minimum atomic E-state index is -0.483. The third-order valence-corrected chi connectivity index (χ3v) is 2.95. The molecule has 0 fully saturated rings. The van der Waals surface area contributed by atoms with E-state index in [2.05, 4.69) is 10.6 Å². The van der Waals surface area contributed by atoms with Crippen molar-refractivity contribution >= 4 is 17.3 Å². The molecule has 1 aromatic heterocycles. The number of furan rings is 1. The minimum Gasteiger partial charge on any atom is -0.469 e.